The molecule has 2 unspecified atom stereocenters. The summed E-state index contributed by atoms with van der Waals surface area (Å²) in [6.07, 6.45) is 4.02. The minimum atomic E-state index is -0.124. The lowest BCUT2D eigenvalue weighted by Gasteiger charge is -2.19. The Morgan fingerprint density at radius 3 is 2.83 bits per heavy atom. The molecule has 2 rings (SSSR count). The van der Waals surface area contributed by atoms with Gasteiger partial charge in [0.2, 0.25) is 0 Å². The quantitative estimate of drug-likeness (QED) is 0.862. The molecule has 1 aliphatic carbocycles. The third-order valence-electron chi connectivity index (χ3n) is 3.49. The Morgan fingerprint density at radius 2 is 2.28 bits per heavy atom. The number of hydrogen-bond acceptors (Lipinski definition) is 2. The van der Waals surface area contributed by atoms with Gasteiger partial charge in [-0.15, -0.1) is 0 Å². The number of aliphatic hydroxyl groups excluding tert-OH is 1. The monoisotopic (exact) mass is 270 g/mol. The summed E-state index contributed by atoms with van der Waals surface area (Å²) in [5.41, 5.74) is 0.611. The maximum atomic E-state index is 12.2. The molecule has 0 spiro atoms. The van der Waals surface area contributed by atoms with Crippen molar-refractivity contribution in [3.05, 3.63) is 23.0 Å². The van der Waals surface area contributed by atoms with Crippen LogP contribution in [0.1, 0.15) is 43.2 Å². The minimum Gasteiger partial charge on any atom is -0.396 e. The Morgan fingerprint density at radius 1 is 1.61 bits per heavy atom. The Hall–Kier alpha value is -1.00. The van der Waals surface area contributed by atoms with Gasteiger partial charge in [0.05, 0.1) is 5.02 Å². The predicted molar refractivity (Wildman–Crippen MR) is 70.9 cm³/mol. The van der Waals surface area contributed by atoms with Crippen LogP contribution in [-0.4, -0.2) is 28.2 Å². The van der Waals surface area contributed by atoms with E-state index in [0.29, 0.717) is 16.8 Å². The van der Waals surface area contributed by atoms with Gasteiger partial charge in [0.25, 0.3) is 5.91 Å². The average Bonchev–Trinajstić information content (AvgIpc) is 3.11. The maximum absolute atomic E-state index is 12.2. The Labute approximate surface area is 112 Å². The van der Waals surface area contributed by atoms with Crippen LogP contribution in [0.5, 0.6) is 0 Å². The molecule has 1 aromatic heterocycles. The molecule has 18 heavy (non-hydrogen) atoms. The number of nitrogens with one attached hydrogen (secondary N) is 1. The molecule has 0 radical (unpaired) electrons. The smallest absolute Gasteiger partial charge is 0.268 e. The lowest BCUT2D eigenvalue weighted by Crippen LogP contribution is -2.39. The summed E-state index contributed by atoms with van der Waals surface area (Å²) in [5.74, 6) is -0.0876. The van der Waals surface area contributed by atoms with Crippen LogP contribution in [0.3, 0.4) is 0 Å². The Kier molecular flexibility index (Phi) is 3.97. The van der Waals surface area contributed by atoms with E-state index in [2.05, 4.69) is 5.32 Å². The van der Waals surface area contributed by atoms with Gasteiger partial charge in [-0.05, 0) is 31.7 Å². The first-order valence-electron chi connectivity index (χ1n) is 6.32. The molecule has 1 amide bonds. The van der Waals surface area contributed by atoms with Gasteiger partial charge in [-0.2, -0.15) is 0 Å². The molecule has 1 heterocycles. The van der Waals surface area contributed by atoms with Crippen LogP contribution in [0.25, 0.3) is 0 Å². The Bertz CT molecular complexity index is 440. The van der Waals surface area contributed by atoms with Crippen LogP contribution in [0.4, 0.5) is 0 Å². The number of halogens is 1. The summed E-state index contributed by atoms with van der Waals surface area (Å²) >= 11 is 5.97. The first-order chi connectivity index (χ1) is 8.52. The summed E-state index contributed by atoms with van der Waals surface area (Å²) in [6.45, 7) is 3.86. The highest BCUT2D eigenvalue weighted by Gasteiger charge is 2.28. The van der Waals surface area contributed by atoms with Gasteiger partial charge in [-0.3, -0.25) is 4.79 Å². The van der Waals surface area contributed by atoms with E-state index in [1.807, 2.05) is 24.6 Å². The van der Waals surface area contributed by atoms with Crippen molar-refractivity contribution >= 4 is 17.5 Å². The van der Waals surface area contributed by atoms with Crippen molar-refractivity contribution in [2.75, 3.05) is 6.61 Å². The molecule has 0 aliphatic heterocycles. The van der Waals surface area contributed by atoms with Crippen molar-refractivity contribution in [3.63, 3.8) is 0 Å². The van der Waals surface area contributed by atoms with E-state index in [0.717, 1.165) is 12.8 Å². The van der Waals surface area contributed by atoms with E-state index in [9.17, 15) is 4.79 Å². The van der Waals surface area contributed by atoms with Crippen LogP contribution >= 0.6 is 11.6 Å². The van der Waals surface area contributed by atoms with Crippen LogP contribution in [-0.2, 0) is 0 Å². The van der Waals surface area contributed by atoms with Gasteiger partial charge in [-0.1, -0.05) is 18.5 Å². The number of aliphatic hydroxyl groups is 1. The Balaban J connectivity index is 2.08. The van der Waals surface area contributed by atoms with Crippen molar-refractivity contribution in [3.8, 4) is 0 Å². The van der Waals surface area contributed by atoms with Crippen molar-refractivity contribution in [2.45, 2.75) is 38.8 Å². The van der Waals surface area contributed by atoms with Gasteiger partial charge in [-0.25, -0.2) is 0 Å². The molecule has 100 valence electrons. The number of hydrogen-bond donors (Lipinski definition) is 2. The number of carbonyl (C=O) groups is 1. The van der Waals surface area contributed by atoms with Crippen molar-refractivity contribution < 1.29 is 9.90 Å². The molecule has 0 bridgehead atoms. The third-order valence-corrected chi connectivity index (χ3v) is 3.70. The lowest BCUT2D eigenvalue weighted by atomic mass is 10.1. The third kappa shape index (κ3) is 2.87. The van der Waals surface area contributed by atoms with Gasteiger partial charge < -0.3 is 15.0 Å². The molecule has 1 aromatic rings. The second-order valence-electron chi connectivity index (χ2n) is 5.10. The SMILES string of the molecule is CC(CO)C(C)NC(=O)c1cc(Cl)cn1C1CC1. The fraction of sp³-hybridized carbons (Fsp3) is 0.615. The number of rotatable bonds is 5. The molecule has 1 fully saturated rings. The average molecular weight is 271 g/mol. The van der Waals surface area contributed by atoms with E-state index in [1.54, 1.807) is 6.07 Å². The van der Waals surface area contributed by atoms with Crippen LogP contribution < -0.4 is 5.32 Å². The highest BCUT2D eigenvalue weighted by Crippen LogP contribution is 2.37. The largest absolute Gasteiger partial charge is 0.396 e. The van der Waals surface area contributed by atoms with Gasteiger partial charge in [0.15, 0.2) is 0 Å². The minimum absolute atomic E-state index is 0.0359. The molecule has 5 heteroatoms. The normalized spacial score (nSPS) is 18.4. The van der Waals surface area contributed by atoms with Crippen LogP contribution in [0.2, 0.25) is 5.02 Å². The highest BCUT2D eigenvalue weighted by molar-refractivity contribution is 6.31. The summed E-state index contributed by atoms with van der Waals surface area (Å²) in [6, 6.07) is 2.05. The number of carbonyl (C=O) groups excluding carboxylic acids is 1. The predicted octanol–water partition coefficient (Wildman–Crippen LogP) is 2.22. The first-order valence-corrected chi connectivity index (χ1v) is 6.69. The van der Waals surface area contributed by atoms with E-state index < -0.39 is 0 Å². The zero-order chi connectivity index (χ0) is 13.3. The molecule has 0 aromatic carbocycles. The zero-order valence-corrected chi connectivity index (χ0v) is 11.4. The van der Waals surface area contributed by atoms with Gasteiger partial charge in [0, 0.05) is 24.9 Å². The summed E-state index contributed by atoms with van der Waals surface area (Å²) in [5, 5.41) is 12.6. The molecule has 1 saturated carbocycles. The molecule has 2 N–H and O–H groups in total. The second-order valence-corrected chi connectivity index (χ2v) is 5.54. The first kappa shape index (κ1) is 13.4. The maximum Gasteiger partial charge on any atom is 0.268 e. The molecule has 1 aliphatic rings. The van der Waals surface area contributed by atoms with Gasteiger partial charge >= 0.3 is 0 Å². The van der Waals surface area contributed by atoms with Gasteiger partial charge in [0.1, 0.15) is 5.69 Å². The molecule has 0 saturated heterocycles. The lowest BCUT2D eigenvalue weighted by molar-refractivity contribution is 0.0906. The fourth-order valence-electron chi connectivity index (χ4n) is 1.86. The van der Waals surface area contributed by atoms with Crippen LogP contribution in [0, 0.1) is 5.92 Å². The van der Waals surface area contributed by atoms with E-state index >= 15 is 0 Å². The van der Waals surface area contributed by atoms with Crippen LogP contribution in [0.15, 0.2) is 12.3 Å². The standard InChI is InChI=1S/C13H19ClN2O2/c1-8(7-17)9(2)15-13(18)12-5-10(14)6-16(12)11-3-4-11/h5-6,8-9,11,17H,3-4,7H2,1-2H3,(H,15,18). The fourth-order valence-corrected chi connectivity index (χ4v) is 2.07. The topological polar surface area (TPSA) is 54.3 Å². The molecule has 4 nitrogen and oxygen atoms in total. The van der Waals surface area contributed by atoms with E-state index in [-0.39, 0.29) is 24.5 Å². The molecule has 2 atom stereocenters. The van der Waals surface area contributed by atoms with E-state index in [4.69, 9.17) is 16.7 Å². The summed E-state index contributed by atoms with van der Waals surface area (Å²) in [4.78, 5) is 12.2. The van der Waals surface area contributed by atoms with Crippen molar-refractivity contribution in [1.29, 1.82) is 0 Å². The summed E-state index contributed by atoms with van der Waals surface area (Å²) in [7, 11) is 0. The molecular weight excluding hydrogens is 252 g/mol. The van der Waals surface area contributed by atoms with E-state index in [1.165, 1.54) is 0 Å². The highest BCUT2D eigenvalue weighted by atomic mass is 35.5. The van der Waals surface area contributed by atoms with Crippen molar-refractivity contribution in [1.82, 2.24) is 9.88 Å². The second kappa shape index (κ2) is 5.33. The number of nitrogens with zero attached hydrogens (tertiary/aromatic N) is 1. The van der Waals surface area contributed by atoms with Crippen molar-refractivity contribution in [2.24, 2.45) is 5.92 Å². The molecular formula is C13H19ClN2O2. The number of amides is 1. The number of aromatic nitrogens is 1. The summed E-state index contributed by atoms with van der Waals surface area (Å²) < 4.78 is 1.95. The zero-order valence-electron chi connectivity index (χ0n) is 10.7.